The first-order valence-electron chi connectivity index (χ1n) is 8.12. The largest absolute Gasteiger partial charge is 0.410 e. The molecule has 0 amide bonds. The summed E-state index contributed by atoms with van der Waals surface area (Å²) < 4.78 is 5.38. The highest BCUT2D eigenvalue weighted by Crippen LogP contribution is 2.54. The van der Waals surface area contributed by atoms with Gasteiger partial charge >= 0.3 is 0 Å². The second-order valence-corrected chi connectivity index (χ2v) is 7.20. The fourth-order valence-corrected chi connectivity index (χ4v) is 5.29. The summed E-state index contributed by atoms with van der Waals surface area (Å²) in [4.78, 5) is 0. The second kappa shape index (κ2) is 5.36. The van der Waals surface area contributed by atoms with Crippen molar-refractivity contribution in [2.24, 2.45) is 17.0 Å². The smallest absolute Gasteiger partial charge is 0.140 e. The first-order valence-corrected chi connectivity index (χ1v) is 8.93. The van der Waals surface area contributed by atoms with E-state index in [1.807, 2.05) is 5.57 Å². The van der Waals surface area contributed by atoms with E-state index < -0.39 is 0 Å². The van der Waals surface area contributed by atoms with Gasteiger partial charge in [0.15, 0.2) is 0 Å². The molecule has 21 heavy (non-hydrogen) atoms. The molecule has 1 aromatic carbocycles. The second-order valence-electron chi connectivity index (χ2n) is 6.84. The van der Waals surface area contributed by atoms with E-state index >= 15 is 0 Å². The maximum Gasteiger partial charge on any atom is 0.140 e. The predicted octanol–water partition coefficient (Wildman–Crippen LogP) is 4.75. The van der Waals surface area contributed by atoms with E-state index in [1.54, 1.807) is 11.1 Å². The average molecular weight is 301 g/mol. The lowest BCUT2D eigenvalue weighted by atomic mass is 9.62. The Balaban J connectivity index is 1.65. The topological polar surface area (TPSA) is 35.2 Å². The lowest BCUT2D eigenvalue weighted by molar-refractivity contribution is 0.233. The van der Waals surface area contributed by atoms with Crippen LogP contribution in [-0.2, 0) is 6.42 Å². The van der Waals surface area contributed by atoms with Gasteiger partial charge in [0.1, 0.15) is 18.0 Å². The Kier molecular flexibility index (Phi) is 3.50. The molecule has 0 radical (unpaired) electrons. The zero-order valence-electron chi connectivity index (χ0n) is 12.6. The summed E-state index contributed by atoms with van der Waals surface area (Å²) >= 11 is 0.935. The van der Waals surface area contributed by atoms with Gasteiger partial charge in [-0.3, -0.25) is 0 Å². The Labute approximate surface area is 131 Å². The van der Waals surface area contributed by atoms with Crippen molar-refractivity contribution in [2.75, 3.05) is 0 Å². The maximum absolute atomic E-state index is 5.40. The van der Waals surface area contributed by atoms with Crippen LogP contribution in [0.5, 0.6) is 5.75 Å². The van der Waals surface area contributed by atoms with E-state index in [0.717, 1.165) is 35.7 Å². The monoisotopic (exact) mass is 301 g/mol. The first-order chi connectivity index (χ1) is 10.3. The Morgan fingerprint density at radius 1 is 1.10 bits per heavy atom. The van der Waals surface area contributed by atoms with Crippen LogP contribution in [0.4, 0.5) is 0 Å². The maximum atomic E-state index is 5.40. The van der Waals surface area contributed by atoms with Crippen LogP contribution in [-0.4, -0.2) is 0 Å². The van der Waals surface area contributed by atoms with Gasteiger partial charge in [0.25, 0.3) is 0 Å². The quantitative estimate of drug-likeness (QED) is 0.486. The number of benzene rings is 1. The number of rotatable bonds is 2. The molecule has 0 aliphatic heterocycles. The molecule has 3 heteroatoms. The average Bonchev–Trinajstić information content (AvgIpc) is 2.89. The van der Waals surface area contributed by atoms with Gasteiger partial charge < -0.3 is 4.18 Å². The molecule has 0 aromatic heterocycles. The van der Waals surface area contributed by atoms with Gasteiger partial charge in [-0.05, 0) is 86.5 Å². The molecule has 1 aromatic rings. The summed E-state index contributed by atoms with van der Waals surface area (Å²) in [5, 5.41) is 5.40. The van der Waals surface area contributed by atoms with E-state index in [9.17, 15) is 0 Å². The Hall–Kier alpha value is -0.930. The van der Waals surface area contributed by atoms with Gasteiger partial charge in [0.2, 0.25) is 0 Å². The van der Waals surface area contributed by atoms with Crippen LogP contribution in [0.25, 0.3) is 0 Å². The van der Waals surface area contributed by atoms with Gasteiger partial charge in [-0.25, -0.2) is 5.14 Å². The fraction of sp³-hybridized carbons (Fsp3) is 0.556. The van der Waals surface area contributed by atoms with Crippen LogP contribution in [0.2, 0.25) is 0 Å². The Morgan fingerprint density at radius 2 is 1.95 bits per heavy atom. The van der Waals surface area contributed by atoms with Crippen LogP contribution >= 0.6 is 12.2 Å². The molecule has 4 rings (SSSR count). The van der Waals surface area contributed by atoms with Crippen molar-refractivity contribution < 1.29 is 4.18 Å². The molecule has 3 atom stereocenters. The fourth-order valence-electron chi connectivity index (χ4n) is 5.08. The van der Waals surface area contributed by atoms with Crippen molar-refractivity contribution in [2.45, 2.75) is 51.4 Å². The van der Waals surface area contributed by atoms with Crippen molar-refractivity contribution in [3.63, 3.8) is 0 Å². The predicted molar refractivity (Wildman–Crippen MR) is 88.1 cm³/mol. The third kappa shape index (κ3) is 2.22. The number of allylic oxidation sites excluding steroid dienone is 2. The van der Waals surface area contributed by atoms with Crippen molar-refractivity contribution in [3.8, 4) is 5.75 Å². The molecule has 0 spiro atoms. The van der Waals surface area contributed by atoms with Gasteiger partial charge in [-0.15, -0.1) is 0 Å². The molecule has 3 unspecified atom stereocenters. The molecular formula is C18H23NOS. The molecule has 2 nitrogen and oxygen atoms in total. The zero-order chi connectivity index (χ0) is 14.4. The molecule has 112 valence electrons. The Bertz CT molecular complexity index is 595. The minimum absolute atomic E-state index is 0.771. The third-order valence-electron chi connectivity index (χ3n) is 5.99. The van der Waals surface area contributed by atoms with Crippen molar-refractivity contribution in [1.82, 2.24) is 0 Å². The zero-order valence-corrected chi connectivity index (χ0v) is 13.4. The van der Waals surface area contributed by atoms with Crippen LogP contribution in [0.3, 0.4) is 0 Å². The molecule has 0 saturated heterocycles. The summed E-state index contributed by atoms with van der Waals surface area (Å²) in [6.07, 6.45) is 7.96. The molecular weight excluding hydrogens is 278 g/mol. The van der Waals surface area contributed by atoms with E-state index in [2.05, 4.69) is 25.1 Å². The van der Waals surface area contributed by atoms with Crippen LogP contribution < -0.4 is 9.32 Å². The number of hydrogen-bond donors (Lipinski definition) is 1. The standard InChI is InChI=1S/C18H23NOS/c1-11-2-5-16-14(11)8-9-17-15-7-4-13(20-21-19)10-12(15)3-6-18(16)17/h4,7,10,16-18H,2-3,5-6,8-9,19H2,1H3. The van der Waals surface area contributed by atoms with Crippen molar-refractivity contribution >= 4 is 12.2 Å². The minimum Gasteiger partial charge on any atom is -0.410 e. The molecule has 3 aliphatic rings. The van der Waals surface area contributed by atoms with Crippen LogP contribution in [0, 0.1) is 11.8 Å². The minimum atomic E-state index is 0.771. The Morgan fingerprint density at radius 3 is 2.81 bits per heavy atom. The van der Waals surface area contributed by atoms with E-state index in [-0.39, 0.29) is 0 Å². The van der Waals surface area contributed by atoms with Gasteiger partial charge in [-0.1, -0.05) is 17.2 Å². The molecule has 0 heterocycles. The summed E-state index contributed by atoms with van der Waals surface area (Å²) in [6.45, 7) is 2.36. The van der Waals surface area contributed by atoms with Gasteiger partial charge in [0.05, 0.1) is 0 Å². The summed E-state index contributed by atoms with van der Waals surface area (Å²) in [5.41, 5.74) is 6.60. The highest BCUT2D eigenvalue weighted by molar-refractivity contribution is 7.92. The lowest BCUT2D eigenvalue weighted by Crippen LogP contribution is -2.31. The molecule has 1 fully saturated rings. The van der Waals surface area contributed by atoms with Crippen molar-refractivity contribution in [3.05, 3.63) is 40.5 Å². The van der Waals surface area contributed by atoms with Crippen molar-refractivity contribution in [1.29, 1.82) is 0 Å². The lowest BCUT2D eigenvalue weighted by Gasteiger charge is -2.42. The van der Waals surface area contributed by atoms with E-state index in [4.69, 9.17) is 9.32 Å². The third-order valence-corrected chi connectivity index (χ3v) is 6.28. The van der Waals surface area contributed by atoms with Gasteiger partial charge in [-0.2, -0.15) is 0 Å². The summed E-state index contributed by atoms with van der Waals surface area (Å²) in [6, 6.07) is 6.59. The summed E-state index contributed by atoms with van der Waals surface area (Å²) in [5.74, 6) is 3.43. The molecule has 0 bridgehead atoms. The number of fused-ring (bicyclic) bond motifs is 5. The number of nitrogens with two attached hydrogens (primary N) is 1. The number of aryl methyl sites for hydroxylation is 1. The SMILES string of the molecule is CC1=C2CCC3c4ccc(OSN)cc4CCC3C2CC1. The normalized spacial score (nSPS) is 30.7. The van der Waals surface area contributed by atoms with Crippen LogP contribution in [0.15, 0.2) is 29.3 Å². The molecule has 2 N–H and O–H groups in total. The van der Waals surface area contributed by atoms with E-state index in [1.165, 1.54) is 44.1 Å². The highest BCUT2D eigenvalue weighted by Gasteiger charge is 2.41. The summed E-state index contributed by atoms with van der Waals surface area (Å²) in [7, 11) is 0. The van der Waals surface area contributed by atoms with Crippen LogP contribution in [0.1, 0.15) is 56.1 Å². The number of hydrogen-bond acceptors (Lipinski definition) is 3. The van der Waals surface area contributed by atoms with E-state index in [0.29, 0.717) is 0 Å². The highest BCUT2D eigenvalue weighted by atomic mass is 32.2. The molecule has 1 saturated carbocycles. The first kappa shape index (κ1) is 13.7. The van der Waals surface area contributed by atoms with Gasteiger partial charge in [0, 0.05) is 0 Å². The molecule has 3 aliphatic carbocycles.